The Morgan fingerprint density at radius 1 is 1.20 bits per heavy atom. The van der Waals surface area contributed by atoms with Gasteiger partial charge in [0.15, 0.2) is 0 Å². The van der Waals surface area contributed by atoms with Crippen LogP contribution in [0.2, 0.25) is 0 Å². The Morgan fingerprint density at radius 3 is 2.67 bits per heavy atom. The Balaban J connectivity index is 1.64. The van der Waals surface area contributed by atoms with E-state index in [0.717, 1.165) is 33.8 Å². The van der Waals surface area contributed by atoms with Crippen LogP contribution >= 0.6 is 0 Å². The normalized spacial score (nSPS) is 11.2. The second kappa shape index (κ2) is 8.91. The van der Waals surface area contributed by atoms with Gasteiger partial charge >= 0.3 is 6.09 Å². The number of hydrazine groups is 1. The minimum atomic E-state index is -0.540. The lowest BCUT2D eigenvalue weighted by molar-refractivity contribution is 0.0497. The third-order valence-electron chi connectivity index (χ3n) is 4.16. The molecule has 1 aromatic carbocycles. The van der Waals surface area contributed by atoms with Crippen LogP contribution in [0.3, 0.4) is 0 Å². The van der Waals surface area contributed by atoms with Crippen LogP contribution in [0.4, 0.5) is 16.4 Å². The Kier molecular flexibility index (Phi) is 6.31. The lowest BCUT2D eigenvalue weighted by atomic mass is 10.0. The number of amides is 1. The van der Waals surface area contributed by atoms with E-state index in [9.17, 15) is 4.79 Å². The molecule has 9 heteroatoms. The van der Waals surface area contributed by atoms with Crippen LogP contribution in [-0.4, -0.2) is 26.8 Å². The van der Waals surface area contributed by atoms with Gasteiger partial charge < -0.3 is 14.6 Å². The van der Waals surface area contributed by atoms with Crippen molar-refractivity contribution in [2.45, 2.75) is 46.8 Å². The first-order valence-corrected chi connectivity index (χ1v) is 9.54. The summed E-state index contributed by atoms with van der Waals surface area (Å²) in [6.07, 6.45) is 2.70. The minimum Gasteiger partial charge on any atom is -0.443 e. The fraction of sp³-hybridized carbons (Fsp3) is 0.333. The van der Waals surface area contributed by atoms with Crippen molar-refractivity contribution in [3.8, 4) is 11.3 Å². The summed E-state index contributed by atoms with van der Waals surface area (Å²) in [6.45, 7) is 9.76. The summed E-state index contributed by atoms with van der Waals surface area (Å²) in [5.41, 5.74) is 10.2. The van der Waals surface area contributed by atoms with Gasteiger partial charge in [0.25, 0.3) is 0 Å². The van der Waals surface area contributed by atoms with Crippen molar-refractivity contribution in [2.75, 3.05) is 5.32 Å². The largest absolute Gasteiger partial charge is 0.443 e. The number of benzene rings is 1. The van der Waals surface area contributed by atoms with E-state index in [1.165, 1.54) is 6.26 Å². The van der Waals surface area contributed by atoms with Gasteiger partial charge in [-0.25, -0.2) is 20.2 Å². The van der Waals surface area contributed by atoms with E-state index in [4.69, 9.17) is 9.26 Å². The van der Waals surface area contributed by atoms with Crippen molar-refractivity contribution in [1.82, 2.24) is 26.0 Å². The van der Waals surface area contributed by atoms with Crippen molar-refractivity contribution in [3.63, 3.8) is 0 Å². The van der Waals surface area contributed by atoms with E-state index in [-0.39, 0.29) is 0 Å². The molecule has 158 valence electrons. The molecule has 0 aliphatic heterocycles. The number of anilines is 2. The third kappa shape index (κ3) is 5.77. The van der Waals surface area contributed by atoms with E-state index in [0.29, 0.717) is 12.5 Å². The van der Waals surface area contributed by atoms with Crippen LogP contribution in [0.15, 0.2) is 41.2 Å². The van der Waals surface area contributed by atoms with Crippen molar-refractivity contribution in [2.24, 2.45) is 0 Å². The highest BCUT2D eigenvalue weighted by atomic mass is 16.6. The van der Waals surface area contributed by atoms with Gasteiger partial charge in [-0.05, 0) is 57.9 Å². The number of ether oxygens (including phenoxy) is 1. The number of carbonyl (C=O) groups is 1. The molecule has 0 aliphatic rings. The first-order chi connectivity index (χ1) is 14.2. The monoisotopic (exact) mass is 410 g/mol. The van der Waals surface area contributed by atoms with Gasteiger partial charge in [-0.1, -0.05) is 17.3 Å². The van der Waals surface area contributed by atoms with Crippen molar-refractivity contribution >= 4 is 17.7 Å². The minimum absolute atomic E-state index is 0.462. The van der Waals surface area contributed by atoms with E-state index in [1.807, 2.05) is 58.9 Å². The second-order valence-corrected chi connectivity index (χ2v) is 7.83. The van der Waals surface area contributed by atoms with Gasteiger partial charge in [-0.2, -0.15) is 0 Å². The maximum atomic E-state index is 11.7. The average Bonchev–Trinajstić information content (AvgIpc) is 3.06. The molecule has 0 radical (unpaired) electrons. The summed E-state index contributed by atoms with van der Waals surface area (Å²) >= 11 is 0. The molecule has 0 unspecified atom stereocenters. The number of carbonyl (C=O) groups excluding carboxylic acids is 1. The molecule has 0 spiro atoms. The molecule has 0 fully saturated rings. The smallest absolute Gasteiger partial charge is 0.422 e. The SMILES string of the molecule is Cc1cc(-c2ccnc(Nc3conc3C)n2)ccc1CNNC(=O)OC(C)(C)C. The number of nitrogens with zero attached hydrogens (tertiary/aromatic N) is 3. The predicted octanol–water partition coefficient (Wildman–Crippen LogP) is 4.02. The number of hydrogen-bond donors (Lipinski definition) is 3. The van der Waals surface area contributed by atoms with Crippen molar-refractivity contribution in [3.05, 3.63) is 53.5 Å². The number of nitrogens with one attached hydrogen (secondary N) is 3. The van der Waals surface area contributed by atoms with Gasteiger partial charge in [0.2, 0.25) is 5.95 Å². The molecule has 2 heterocycles. The van der Waals surface area contributed by atoms with E-state index >= 15 is 0 Å². The Hall–Kier alpha value is -3.46. The Bertz CT molecular complexity index is 1030. The topological polar surface area (TPSA) is 114 Å². The quantitative estimate of drug-likeness (QED) is 0.522. The first kappa shape index (κ1) is 21.3. The van der Waals surface area contributed by atoms with Gasteiger partial charge in [0.1, 0.15) is 23.2 Å². The highest BCUT2D eigenvalue weighted by molar-refractivity contribution is 5.67. The summed E-state index contributed by atoms with van der Waals surface area (Å²) in [5.74, 6) is 0.462. The average molecular weight is 410 g/mol. The molecule has 0 aliphatic carbocycles. The molecule has 3 aromatic rings. The number of aryl methyl sites for hydroxylation is 2. The van der Waals surface area contributed by atoms with Gasteiger partial charge in [-0.15, -0.1) is 0 Å². The molecule has 0 atom stereocenters. The highest BCUT2D eigenvalue weighted by Crippen LogP contribution is 2.23. The predicted molar refractivity (Wildman–Crippen MR) is 113 cm³/mol. The van der Waals surface area contributed by atoms with Crippen LogP contribution in [0, 0.1) is 13.8 Å². The highest BCUT2D eigenvalue weighted by Gasteiger charge is 2.15. The molecular weight excluding hydrogens is 384 g/mol. The van der Waals surface area contributed by atoms with Crippen LogP contribution in [-0.2, 0) is 11.3 Å². The van der Waals surface area contributed by atoms with Crippen molar-refractivity contribution in [1.29, 1.82) is 0 Å². The first-order valence-electron chi connectivity index (χ1n) is 9.54. The lowest BCUT2D eigenvalue weighted by Crippen LogP contribution is -2.40. The van der Waals surface area contributed by atoms with Gasteiger partial charge in [-0.3, -0.25) is 5.43 Å². The molecule has 9 nitrogen and oxygen atoms in total. The Labute approximate surface area is 175 Å². The summed E-state index contributed by atoms with van der Waals surface area (Å²) in [7, 11) is 0. The molecule has 2 aromatic heterocycles. The van der Waals surface area contributed by atoms with Crippen LogP contribution in [0.5, 0.6) is 0 Å². The molecule has 30 heavy (non-hydrogen) atoms. The summed E-state index contributed by atoms with van der Waals surface area (Å²) in [4.78, 5) is 20.5. The zero-order valence-electron chi connectivity index (χ0n) is 17.7. The zero-order chi connectivity index (χ0) is 21.7. The maximum absolute atomic E-state index is 11.7. The summed E-state index contributed by atoms with van der Waals surface area (Å²) < 4.78 is 10.1. The third-order valence-corrected chi connectivity index (χ3v) is 4.16. The molecule has 0 saturated carbocycles. The standard InChI is InChI=1S/C21H26N6O3/c1-13-10-15(6-7-16(13)11-23-26-20(28)30-21(3,4)5)17-8-9-22-19(24-17)25-18-12-29-27-14(18)2/h6-10,12,23H,11H2,1-5H3,(H,26,28)(H,22,24,25). The summed E-state index contributed by atoms with van der Waals surface area (Å²) in [6, 6.07) is 7.87. The molecule has 0 saturated heterocycles. The fourth-order valence-electron chi connectivity index (χ4n) is 2.68. The number of rotatable bonds is 6. The summed E-state index contributed by atoms with van der Waals surface area (Å²) in [5, 5.41) is 6.94. The lowest BCUT2D eigenvalue weighted by Gasteiger charge is -2.20. The van der Waals surface area contributed by atoms with E-state index in [1.54, 1.807) is 6.20 Å². The van der Waals surface area contributed by atoms with Crippen LogP contribution < -0.4 is 16.2 Å². The van der Waals surface area contributed by atoms with Crippen LogP contribution in [0.1, 0.15) is 37.6 Å². The van der Waals surface area contributed by atoms with E-state index < -0.39 is 11.7 Å². The fourth-order valence-corrected chi connectivity index (χ4v) is 2.68. The molecule has 3 N–H and O–H groups in total. The van der Waals surface area contributed by atoms with Gasteiger partial charge in [0, 0.05) is 18.3 Å². The molecule has 0 bridgehead atoms. The molecule has 3 rings (SSSR count). The maximum Gasteiger partial charge on any atom is 0.422 e. The van der Waals surface area contributed by atoms with Gasteiger partial charge in [0.05, 0.1) is 5.69 Å². The number of hydrogen-bond acceptors (Lipinski definition) is 8. The van der Waals surface area contributed by atoms with E-state index in [2.05, 4.69) is 31.3 Å². The van der Waals surface area contributed by atoms with Crippen molar-refractivity contribution < 1.29 is 14.1 Å². The van der Waals surface area contributed by atoms with Crippen LogP contribution in [0.25, 0.3) is 11.3 Å². The zero-order valence-corrected chi connectivity index (χ0v) is 17.7. The molecule has 1 amide bonds. The Morgan fingerprint density at radius 2 is 2.00 bits per heavy atom. The number of aromatic nitrogens is 3. The molecular formula is C21H26N6O3. The second-order valence-electron chi connectivity index (χ2n) is 7.83.